The van der Waals surface area contributed by atoms with E-state index in [1.807, 2.05) is 0 Å². The fourth-order valence-corrected chi connectivity index (χ4v) is 3.45. The molecule has 0 bridgehead atoms. The van der Waals surface area contributed by atoms with E-state index in [1.54, 1.807) is 0 Å². The molecular weight excluding hydrogens is 232 g/mol. The zero-order valence-corrected chi connectivity index (χ0v) is 14.0. The number of nitrogens with one attached hydrogen (secondary N) is 1. The van der Waals surface area contributed by atoms with Gasteiger partial charge in [-0.05, 0) is 59.2 Å². The predicted molar refractivity (Wildman–Crippen MR) is 85.7 cm³/mol. The summed E-state index contributed by atoms with van der Waals surface area (Å²) in [6.07, 6.45) is 9.61. The lowest BCUT2D eigenvalue weighted by Crippen LogP contribution is -2.57. The quantitative estimate of drug-likeness (QED) is 0.749. The van der Waals surface area contributed by atoms with Crippen LogP contribution in [0, 0.1) is 5.92 Å². The van der Waals surface area contributed by atoms with Gasteiger partial charge in [-0.2, -0.15) is 0 Å². The second-order valence-corrected chi connectivity index (χ2v) is 7.22. The van der Waals surface area contributed by atoms with Crippen molar-refractivity contribution in [2.75, 3.05) is 20.1 Å². The van der Waals surface area contributed by atoms with Crippen molar-refractivity contribution in [1.29, 1.82) is 0 Å². The van der Waals surface area contributed by atoms with Gasteiger partial charge >= 0.3 is 0 Å². The highest BCUT2D eigenvalue weighted by atomic mass is 15.2. The minimum atomic E-state index is 0.288. The van der Waals surface area contributed by atoms with Crippen molar-refractivity contribution >= 4 is 0 Å². The zero-order chi connectivity index (χ0) is 14.3. The maximum Gasteiger partial charge on any atom is 0.0306 e. The Kier molecular flexibility index (Phi) is 7.38. The summed E-state index contributed by atoms with van der Waals surface area (Å²) in [6, 6.07) is 0.615. The third kappa shape index (κ3) is 5.43. The third-order valence-corrected chi connectivity index (χ3v) is 4.90. The Hall–Kier alpha value is -0.0800. The summed E-state index contributed by atoms with van der Waals surface area (Å²) in [4.78, 5) is 2.73. The van der Waals surface area contributed by atoms with Crippen LogP contribution in [0.2, 0.25) is 0 Å². The van der Waals surface area contributed by atoms with Crippen LogP contribution in [0.25, 0.3) is 0 Å². The second kappa shape index (κ2) is 8.26. The van der Waals surface area contributed by atoms with Gasteiger partial charge in [-0.15, -0.1) is 0 Å². The maximum absolute atomic E-state index is 3.59. The minimum Gasteiger partial charge on any atom is -0.315 e. The van der Waals surface area contributed by atoms with E-state index < -0.39 is 0 Å². The lowest BCUT2D eigenvalue weighted by molar-refractivity contribution is 0.0816. The molecule has 114 valence electrons. The predicted octanol–water partition coefficient (Wildman–Crippen LogP) is 4.06. The van der Waals surface area contributed by atoms with Gasteiger partial charge in [0.15, 0.2) is 0 Å². The molecule has 1 aliphatic heterocycles. The van der Waals surface area contributed by atoms with E-state index in [4.69, 9.17) is 0 Å². The molecule has 19 heavy (non-hydrogen) atoms. The molecule has 0 spiro atoms. The van der Waals surface area contributed by atoms with E-state index in [0.717, 1.165) is 5.92 Å². The molecule has 0 amide bonds. The van der Waals surface area contributed by atoms with Crippen molar-refractivity contribution < 1.29 is 0 Å². The van der Waals surface area contributed by atoms with Crippen molar-refractivity contribution in [3.63, 3.8) is 0 Å². The Morgan fingerprint density at radius 2 is 1.58 bits per heavy atom. The van der Waals surface area contributed by atoms with Gasteiger partial charge in [0.1, 0.15) is 0 Å². The summed E-state index contributed by atoms with van der Waals surface area (Å²) in [5, 5.41) is 3.59. The molecule has 1 rings (SSSR count). The molecule has 1 fully saturated rings. The Morgan fingerprint density at radius 3 is 2.05 bits per heavy atom. The number of rotatable bonds is 7. The molecule has 0 saturated carbocycles. The Morgan fingerprint density at radius 1 is 1.00 bits per heavy atom. The summed E-state index contributed by atoms with van der Waals surface area (Å²) in [5.74, 6) is 0.832. The summed E-state index contributed by atoms with van der Waals surface area (Å²) in [6.45, 7) is 12.1. The van der Waals surface area contributed by atoms with E-state index in [1.165, 1.54) is 58.0 Å². The smallest absolute Gasteiger partial charge is 0.0306 e. The average Bonchev–Trinajstić information content (AvgIpc) is 2.63. The van der Waals surface area contributed by atoms with Gasteiger partial charge in [-0.25, -0.2) is 0 Å². The first-order chi connectivity index (χ1) is 8.98. The van der Waals surface area contributed by atoms with E-state index in [9.17, 15) is 0 Å². The van der Waals surface area contributed by atoms with Gasteiger partial charge in [0.2, 0.25) is 0 Å². The fraction of sp³-hybridized carbons (Fsp3) is 1.00. The molecule has 1 atom stereocenters. The Labute approximate surface area is 121 Å². The van der Waals surface area contributed by atoms with Crippen molar-refractivity contribution in [3.05, 3.63) is 0 Å². The first kappa shape index (κ1) is 17.0. The van der Waals surface area contributed by atoms with E-state index in [-0.39, 0.29) is 5.54 Å². The summed E-state index contributed by atoms with van der Waals surface area (Å²) in [7, 11) is 2.14. The summed E-state index contributed by atoms with van der Waals surface area (Å²) >= 11 is 0. The first-order valence-corrected chi connectivity index (χ1v) is 8.40. The fourth-order valence-electron chi connectivity index (χ4n) is 3.45. The second-order valence-electron chi connectivity index (χ2n) is 7.22. The van der Waals surface area contributed by atoms with Crippen molar-refractivity contribution in [2.24, 2.45) is 5.92 Å². The highest BCUT2D eigenvalue weighted by Crippen LogP contribution is 2.26. The molecule has 1 N–H and O–H groups in total. The van der Waals surface area contributed by atoms with Crippen LogP contribution >= 0.6 is 0 Å². The molecular formula is C17H36N2. The highest BCUT2D eigenvalue weighted by Gasteiger charge is 2.34. The SMILES string of the molecule is CNC(CCCC(C)C)C(C)(C)N1CCCCCC1. The number of hydrogen-bond donors (Lipinski definition) is 1. The molecule has 0 aromatic rings. The van der Waals surface area contributed by atoms with E-state index in [0.29, 0.717) is 6.04 Å². The van der Waals surface area contributed by atoms with Gasteiger partial charge in [0.25, 0.3) is 0 Å². The standard InChI is InChI=1S/C17H36N2/c1-15(2)11-10-12-16(18-5)17(3,4)19-13-8-6-7-9-14-19/h15-16,18H,6-14H2,1-5H3. The third-order valence-electron chi connectivity index (χ3n) is 4.90. The summed E-state index contributed by atoms with van der Waals surface area (Å²) < 4.78 is 0. The molecule has 2 heteroatoms. The van der Waals surface area contributed by atoms with E-state index >= 15 is 0 Å². The lowest BCUT2D eigenvalue weighted by atomic mass is 9.87. The molecule has 1 heterocycles. The largest absolute Gasteiger partial charge is 0.315 e. The molecule has 0 aliphatic carbocycles. The van der Waals surface area contributed by atoms with Crippen molar-refractivity contribution in [1.82, 2.24) is 10.2 Å². The molecule has 2 nitrogen and oxygen atoms in total. The van der Waals surface area contributed by atoms with Crippen LogP contribution in [0.15, 0.2) is 0 Å². The van der Waals surface area contributed by atoms with Gasteiger partial charge < -0.3 is 5.32 Å². The number of hydrogen-bond acceptors (Lipinski definition) is 2. The molecule has 1 aliphatic rings. The minimum absolute atomic E-state index is 0.288. The lowest BCUT2D eigenvalue weighted by Gasteiger charge is -2.44. The number of likely N-dealkylation sites (N-methyl/N-ethyl adjacent to an activating group) is 1. The van der Waals surface area contributed by atoms with Crippen LogP contribution in [0.5, 0.6) is 0 Å². The Bertz CT molecular complexity index is 227. The van der Waals surface area contributed by atoms with Crippen LogP contribution < -0.4 is 5.32 Å². The monoisotopic (exact) mass is 268 g/mol. The van der Waals surface area contributed by atoms with Gasteiger partial charge in [0.05, 0.1) is 0 Å². The van der Waals surface area contributed by atoms with E-state index in [2.05, 4.69) is 45.0 Å². The Balaban J connectivity index is 2.54. The topological polar surface area (TPSA) is 15.3 Å². The van der Waals surface area contributed by atoms with Gasteiger partial charge in [0, 0.05) is 11.6 Å². The average molecular weight is 268 g/mol. The first-order valence-electron chi connectivity index (χ1n) is 8.40. The van der Waals surface area contributed by atoms with Crippen molar-refractivity contribution in [2.45, 2.75) is 84.2 Å². The van der Waals surface area contributed by atoms with Crippen LogP contribution in [0.3, 0.4) is 0 Å². The van der Waals surface area contributed by atoms with Gasteiger partial charge in [-0.3, -0.25) is 4.90 Å². The van der Waals surface area contributed by atoms with Crippen LogP contribution in [-0.4, -0.2) is 36.6 Å². The molecule has 1 unspecified atom stereocenters. The molecule has 0 radical (unpaired) electrons. The highest BCUT2D eigenvalue weighted by molar-refractivity contribution is 4.93. The molecule has 1 saturated heterocycles. The normalized spacial score (nSPS) is 20.5. The number of nitrogens with zero attached hydrogens (tertiary/aromatic N) is 1. The van der Waals surface area contributed by atoms with Crippen LogP contribution in [0.1, 0.15) is 72.6 Å². The van der Waals surface area contributed by atoms with Gasteiger partial charge in [-0.1, -0.05) is 39.5 Å². The maximum atomic E-state index is 3.59. The molecule has 0 aromatic carbocycles. The zero-order valence-electron chi connectivity index (χ0n) is 14.0. The molecule has 0 aromatic heterocycles. The van der Waals surface area contributed by atoms with Crippen molar-refractivity contribution in [3.8, 4) is 0 Å². The van der Waals surface area contributed by atoms with Crippen LogP contribution in [0.4, 0.5) is 0 Å². The van der Waals surface area contributed by atoms with Crippen LogP contribution in [-0.2, 0) is 0 Å². The summed E-state index contributed by atoms with van der Waals surface area (Å²) in [5.41, 5.74) is 0.288. The number of likely N-dealkylation sites (tertiary alicyclic amines) is 1.